The monoisotopic (exact) mass is 540 g/mol. The lowest BCUT2D eigenvalue weighted by atomic mass is 10.2. The zero-order valence-corrected chi connectivity index (χ0v) is 22.3. The first kappa shape index (κ1) is 25.3. The zero-order valence-electron chi connectivity index (χ0n) is 22.3. The smallest absolute Gasteiger partial charge is 0.331 e. The number of aromatic nitrogens is 6. The first-order valence-electron chi connectivity index (χ1n) is 13.1. The fourth-order valence-corrected chi connectivity index (χ4v) is 4.79. The molecule has 4 amide bonds. The van der Waals surface area contributed by atoms with Crippen LogP contribution < -0.4 is 15.5 Å². The summed E-state index contributed by atoms with van der Waals surface area (Å²) in [6.07, 6.45) is 8.40. The molecule has 1 aliphatic carbocycles. The van der Waals surface area contributed by atoms with Crippen LogP contribution in [-0.2, 0) is 22.6 Å². The summed E-state index contributed by atoms with van der Waals surface area (Å²) in [5.74, 6) is 1.05. The summed E-state index contributed by atoms with van der Waals surface area (Å²) >= 11 is 0. The van der Waals surface area contributed by atoms with Crippen molar-refractivity contribution in [2.24, 2.45) is 5.92 Å². The summed E-state index contributed by atoms with van der Waals surface area (Å²) in [6.45, 7) is 4.25. The van der Waals surface area contributed by atoms with E-state index in [1.165, 1.54) is 18.3 Å². The molecule has 13 heteroatoms. The minimum absolute atomic E-state index is 0.0156. The molecule has 4 aromatic rings. The Morgan fingerprint density at radius 2 is 1.93 bits per heavy atom. The van der Waals surface area contributed by atoms with Crippen LogP contribution in [0.15, 0.2) is 43.1 Å². The first-order chi connectivity index (χ1) is 19.3. The van der Waals surface area contributed by atoms with Crippen LogP contribution in [0.25, 0.3) is 5.65 Å². The van der Waals surface area contributed by atoms with Gasteiger partial charge in [-0.15, -0.1) is 0 Å². The molecule has 0 spiro atoms. The molecule has 0 aromatic carbocycles. The average molecular weight is 541 g/mol. The molecule has 204 valence electrons. The molecule has 2 fully saturated rings. The highest BCUT2D eigenvalue weighted by Crippen LogP contribution is 2.46. The number of carbonyl (C=O) groups is 3. The van der Waals surface area contributed by atoms with E-state index in [0.29, 0.717) is 47.5 Å². The number of imide groups is 1. The highest BCUT2D eigenvalue weighted by atomic mass is 16.2. The Kier molecular flexibility index (Phi) is 6.33. The number of imidazole rings is 1. The number of amides is 4. The third kappa shape index (κ3) is 4.81. The first-order valence-corrected chi connectivity index (χ1v) is 13.1. The van der Waals surface area contributed by atoms with Gasteiger partial charge in [-0.25, -0.2) is 29.7 Å². The van der Waals surface area contributed by atoms with Crippen molar-refractivity contribution >= 4 is 40.8 Å². The lowest BCUT2D eigenvalue weighted by Crippen LogP contribution is -2.30. The Morgan fingerprint density at radius 3 is 2.67 bits per heavy atom. The van der Waals surface area contributed by atoms with Gasteiger partial charge in [0, 0.05) is 49.2 Å². The van der Waals surface area contributed by atoms with E-state index in [4.69, 9.17) is 4.98 Å². The van der Waals surface area contributed by atoms with Crippen molar-refractivity contribution in [1.29, 1.82) is 0 Å². The fourth-order valence-electron chi connectivity index (χ4n) is 4.79. The maximum Gasteiger partial charge on any atom is 0.331 e. The largest absolute Gasteiger partial charge is 0.364 e. The SMILES string of the molecule is CCc1cc(N2CC(=O)N(C)C2=O)c2nc(CNc3cc(NC(=O)C4CC4c4nccc(C)n4)ncn3)cn2c1. The number of hydrogen-bond donors (Lipinski definition) is 2. The van der Waals surface area contributed by atoms with Crippen molar-refractivity contribution in [3.05, 3.63) is 65.9 Å². The number of urea groups is 1. The molecule has 1 saturated carbocycles. The van der Waals surface area contributed by atoms with Gasteiger partial charge in [-0.3, -0.25) is 19.4 Å². The number of likely N-dealkylation sites (N-methyl/N-ethyl adjacent to an activating group) is 1. The topological polar surface area (TPSA) is 151 Å². The van der Waals surface area contributed by atoms with Gasteiger partial charge >= 0.3 is 6.03 Å². The van der Waals surface area contributed by atoms with Crippen molar-refractivity contribution in [3.8, 4) is 0 Å². The number of fused-ring (bicyclic) bond motifs is 1. The van der Waals surface area contributed by atoms with Gasteiger partial charge in [-0.05, 0) is 37.5 Å². The molecule has 1 saturated heterocycles. The highest BCUT2D eigenvalue weighted by molar-refractivity contribution is 6.13. The van der Waals surface area contributed by atoms with Gasteiger partial charge in [0.2, 0.25) is 11.8 Å². The van der Waals surface area contributed by atoms with E-state index in [-0.39, 0.29) is 36.2 Å². The van der Waals surface area contributed by atoms with E-state index in [0.717, 1.165) is 22.6 Å². The fraction of sp³-hybridized carbons (Fsp3) is 0.333. The van der Waals surface area contributed by atoms with Gasteiger partial charge in [0.1, 0.15) is 30.3 Å². The molecule has 0 bridgehead atoms. The summed E-state index contributed by atoms with van der Waals surface area (Å²) in [5.41, 5.74) is 3.77. The highest BCUT2D eigenvalue weighted by Gasteiger charge is 2.46. The number of hydrogen-bond acceptors (Lipinski definition) is 9. The van der Waals surface area contributed by atoms with Crippen LogP contribution in [0.4, 0.5) is 22.1 Å². The lowest BCUT2D eigenvalue weighted by molar-refractivity contribution is -0.124. The van der Waals surface area contributed by atoms with Gasteiger partial charge in [0.05, 0.1) is 17.9 Å². The van der Waals surface area contributed by atoms with Gasteiger partial charge in [0.25, 0.3) is 0 Å². The molecule has 2 unspecified atom stereocenters. The molecule has 5 heterocycles. The van der Waals surface area contributed by atoms with Crippen LogP contribution in [-0.4, -0.2) is 65.7 Å². The molecular formula is C27H28N10O3. The van der Waals surface area contributed by atoms with Gasteiger partial charge < -0.3 is 15.0 Å². The van der Waals surface area contributed by atoms with Crippen LogP contribution in [0.1, 0.15) is 42.0 Å². The quantitative estimate of drug-likeness (QED) is 0.321. The summed E-state index contributed by atoms with van der Waals surface area (Å²) < 4.78 is 1.87. The second-order valence-corrected chi connectivity index (χ2v) is 10.0. The summed E-state index contributed by atoms with van der Waals surface area (Å²) in [4.78, 5) is 62.1. The van der Waals surface area contributed by atoms with Crippen molar-refractivity contribution in [2.45, 2.75) is 39.2 Å². The summed E-state index contributed by atoms with van der Waals surface area (Å²) in [5, 5.41) is 6.09. The maximum absolute atomic E-state index is 12.8. The Balaban J connectivity index is 1.14. The van der Waals surface area contributed by atoms with Crippen LogP contribution in [0.5, 0.6) is 0 Å². The summed E-state index contributed by atoms with van der Waals surface area (Å²) in [7, 11) is 1.48. The van der Waals surface area contributed by atoms with Crippen molar-refractivity contribution < 1.29 is 14.4 Å². The molecular weight excluding hydrogens is 512 g/mol. The molecule has 2 atom stereocenters. The molecule has 2 aliphatic rings. The van der Waals surface area contributed by atoms with E-state index in [1.807, 2.05) is 42.8 Å². The van der Waals surface area contributed by atoms with E-state index >= 15 is 0 Å². The number of aryl methyl sites for hydroxylation is 2. The molecule has 6 rings (SSSR count). The molecule has 4 aromatic heterocycles. The molecule has 40 heavy (non-hydrogen) atoms. The van der Waals surface area contributed by atoms with Crippen molar-refractivity contribution in [1.82, 2.24) is 34.2 Å². The predicted molar refractivity (Wildman–Crippen MR) is 146 cm³/mol. The number of pyridine rings is 1. The Hall–Kier alpha value is -4.94. The summed E-state index contributed by atoms with van der Waals surface area (Å²) in [6, 6.07) is 5.03. The Morgan fingerprint density at radius 1 is 1.10 bits per heavy atom. The van der Waals surface area contributed by atoms with Crippen molar-refractivity contribution in [2.75, 3.05) is 29.1 Å². The van der Waals surface area contributed by atoms with Crippen LogP contribution in [0.3, 0.4) is 0 Å². The average Bonchev–Trinajstić information content (AvgIpc) is 3.59. The van der Waals surface area contributed by atoms with Gasteiger partial charge in [-0.1, -0.05) is 6.92 Å². The minimum Gasteiger partial charge on any atom is -0.364 e. The lowest BCUT2D eigenvalue weighted by Gasteiger charge is -2.16. The number of nitrogens with zero attached hydrogens (tertiary/aromatic N) is 8. The van der Waals surface area contributed by atoms with Crippen LogP contribution in [0.2, 0.25) is 0 Å². The standard InChI is InChI=1S/C27H28N10O3/c1-4-16-7-20(37-13-23(38)35(3)27(37)40)25-33-17(12-36(25)11-16)10-29-21-9-22(31-14-30-21)34-26(39)19-8-18(19)24-28-6-5-15(2)32-24/h5-7,9,11-12,14,18-19H,4,8,10,13H2,1-3H3,(H2,29,30,31,34,39). The minimum atomic E-state index is -0.373. The second kappa shape index (κ2) is 9.98. The maximum atomic E-state index is 12.8. The Bertz CT molecular complexity index is 1650. The molecule has 2 N–H and O–H groups in total. The van der Waals surface area contributed by atoms with E-state index in [9.17, 15) is 14.4 Å². The second-order valence-electron chi connectivity index (χ2n) is 10.0. The Labute approximate surface area is 229 Å². The van der Waals surface area contributed by atoms with Gasteiger partial charge in [-0.2, -0.15) is 0 Å². The van der Waals surface area contributed by atoms with Crippen LogP contribution in [0, 0.1) is 12.8 Å². The van der Waals surface area contributed by atoms with E-state index < -0.39 is 0 Å². The molecule has 0 radical (unpaired) electrons. The predicted octanol–water partition coefficient (Wildman–Crippen LogP) is 2.54. The van der Waals surface area contributed by atoms with E-state index in [2.05, 4.69) is 30.6 Å². The van der Waals surface area contributed by atoms with Gasteiger partial charge in [0.15, 0.2) is 5.65 Å². The van der Waals surface area contributed by atoms with Crippen molar-refractivity contribution in [3.63, 3.8) is 0 Å². The molecule has 13 nitrogen and oxygen atoms in total. The molecule has 1 aliphatic heterocycles. The normalized spacial score (nSPS) is 18.5. The number of carbonyl (C=O) groups excluding carboxylic acids is 3. The van der Waals surface area contributed by atoms with E-state index in [1.54, 1.807) is 12.3 Å². The number of nitrogens with one attached hydrogen (secondary N) is 2. The third-order valence-electron chi connectivity index (χ3n) is 7.16. The van der Waals surface area contributed by atoms with Crippen LogP contribution >= 0.6 is 0 Å². The third-order valence-corrected chi connectivity index (χ3v) is 7.16. The number of rotatable bonds is 8. The zero-order chi connectivity index (χ0) is 28.0. The number of anilines is 3.